The number of hydrogen-bond acceptors (Lipinski definition) is 3. The zero-order valence-corrected chi connectivity index (χ0v) is 10.7. The zero-order valence-electron chi connectivity index (χ0n) is 10.7. The van der Waals surface area contributed by atoms with Crippen molar-refractivity contribution in [1.82, 2.24) is 5.32 Å². The van der Waals surface area contributed by atoms with Crippen LogP contribution in [0.5, 0.6) is 0 Å². The van der Waals surface area contributed by atoms with Crippen LogP contribution in [0.15, 0.2) is 4.99 Å². The average molecular weight is 241 g/mol. The molecule has 1 aliphatic heterocycles. The van der Waals surface area contributed by atoms with Gasteiger partial charge >= 0.3 is 0 Å². The molecular formula is C12H23N3O2. The maximum absolute atomic E-state index is 5.84. The van der Waals surface area contributed by atoms with Gasteiger partial charge < -0.3 is 20.5 Å². The van der Waals surface area contributed by atoms with Gasteiger partial charge in [0.15, 0.2) is 5.96 Å². The van der Waals surface area contributed by atoms with E-state index in [0.29, 0.717) is 18.1 Å². The number of ether oxygens (including phenoxy) is 2. The third-order valence-corrected chi connectivity index (χ3v) is 4.14. The van der Waals surface area contributed by atoms with Crippen molar-refractivity contribution in [2.45, 2.75) is 38.3 Å². The summed E-state index contributed by atoms with van der Waals surface area (Å²) in [5.74, 6) is 0.524. The first-order chi connectivity index (χ1) is 8.23. The molecule has 1 aliphatic carbocycles. The largest absolute Gasteiger partial charge is 0.381 e. The second kappa shape index (κ2) is 5.23. The predicted octanol–water partition coefficient (Wildman–Crippen LogP) is 0.495. The predicted molar refractivity (Wildman–Crippen MR) is 67.0 cm³/mol. The van der Waals surface area contributed by atoms with Gasteiger partial charge in [0.05, 0.1) is 6.10 Å². The summed E-state index contributed by atoms with van der Waals surface area (Å²) >= 11 is 0. The minimum Gasteiger partial charge on any atom is -0.381 e. The van der Waals surface area contributed by atoms with E-state index < -0.39 is 0 Å². The topological polar surface area (TPSA) is 68.9 Å². The lowest BCUT2D eigenvalue weighted by Gasteiger charge is -2.57. The quantitative estimate of drug-likeness (QED) is 0.557. The van der Waals surface area contributed by atoms with Gasteiger partial charge in [-0.15, -0.1) is 0 Å². The highest BCUT2D eigenvalue weighted by Gasteiger charge is 2.56. The number of nitrogens with two attached hydrogens (primary N) is 1. The Morgan fingerprint density at radius 3 is 2.82 bits per heavy atom. The molecule has 0 bridgehead atoms. The fourth-order valence-corrected chi connectivity index (χ4v) is 3.05. The number of nitrogens with zero attached hydrogens (tertiary/aromatic N) is 1. The van der Waals surface area contributed by atoms with Crippen LogP contribution in [0.1, 0.15) is 26.2 Å². The Kier molecular flexibility index (Phi) is 3.89. The highest BCUT2D eigenvalue weighted by molar-refractivity contribution is 5.78. The number of nitrogens with one attached hydrogen (secondary N) is 1. The lowest BCUT2D eigenvalue weighted by atomic mass is 9.57. The van der Waals surface area contributed by atoms with E-state index in [1.165, 1.54) is 0 Å². The Morgan fingerprint density at radius 1 is 1.53 bits per heavy atom. The molecule has 5 heteroatoms. The van der Waals surface area contributed by atoms with E-state index in [1.807, 2.05) is 0 Å². The normalized spacial score (nSPS) is 32.2. The Bertz CT molecular complexity index is 287. The SMILES string of the molecule is CCOC1CC(NC(N)=NC)C12CCOCC2. The van der Waals surface area contributed by atoms with E-state index in [9.17, 15) is 0 Å². The van der Waals surface area contributed by atoms with Crippen molar-refractivity contribution in [3.05, 3.63) is 0 Å². The van der Waals surface area contributed by atoms with Crippen molar-refractivity contribution in [3.8, 4) is 0 Å². The molecule has 0 aromatic rings. The van der Waals surface area contributed by atoms with Gasteiger partial charge in [0.25, 0.3) is 0 Å². The Balaban J connectivity index is 2.03. The molecule has 2 unspecified atom stereocenters. The third kappa shape index (κ3) is 2.26. The molecule has 1 saturated carbocycles. The molecule has 98 valence electrons. The summed E-state index contributed by atoms with van der Waals surface area (Å²) < 4.78 is 11.3. The van der Waals surface area contributed by atoms with Crippen LogP contribution >= 0.6 is 0 Å². The Morgan fingerprint density at radius 2 is 2.24 bits per heavy atom. The third-order valence-electron chi connectivity index (χ3n) is 4.14. The van der Waals surface area contributed by atoms with Gasteiger partial charge in [-0.3, -0.25) is 4.99 Å². The first-order valence-corrected chi connectivity index (χ1v) is 6.41. The van der Waals surface area contributed by atoms with Gasteiger partial charge in [0.1, 0.15) is 0 Å². The lowest BCUT2D eigenvalue weighted by Crippen LogP contribution is -2.67. The molecule has 1 saturated heterocycles. The van der Waals surface area contributed by atoms with E-state index >= 15 is 0 Å². The standard InChI is InChI=1S/C12H23N3O2/c1-3-17-10-8-9(15-11(13)14-2)12(10)4-6-16-7-5-12/h9-10H,3-8H2,1-2H3,(H3,13,14,15). The molecule has 1 heterocycles. The Hall–Kier alpha value is -0.810. The maximum Gasteiger partial charge on any atom is 0.188 e. The van der Waals surface area contributed by atoms with Crippen molar-refractivity contribution in [2.75, 3.05) is 26.9 Å². The minimum atomic E-state index is 0.198. The molecule has 0 aromatic heterocycles. The van der Waals surface area contributed by atoms with Crippen LogP contribution in [0.2, 0.25) is 0 Å². The molecule has 1 spiro atoms. The summed E-state index contributed by atoms with van der Waals surface area (Å²) in [5, 5.41) is 3.31. The lowest BCUT2D eigenvalue weighted by molar-refractivity contribution is -0.169. The fourth-order valence-electron chi connectivity index (χ4n) is 3.05. The van der Waals surface area contributed by atoms with Crippen LogP contribution in [-0.4, -0.2) is 45.0 Å². The summed E-state index contributed by atoms with van der Waals surface area (Å²) in [7, 11) is 1.71. The van der Waals surface area contributed by atoms with Crippen LogP contribution in [-0.2, 0) is 9.47 Å². The van der Waals surface area contributed by atoms with Gasteiger partial charge in [-0.1, -0.05) is 0 Å². The molecule has 0 radical (unpaired) electrons. The molecular weight excluding hydrogens is 218 g/mol. The number of aliphatic imine (C=N–C) groups is 1. The van der Waals surface area contributed by atoms with Gasteiger partial charge in [0.2, 0.25) is 0 Å². The summed E-state index contributed by atoms with van der Waals surface area (Å²) in [4.78, 5) is 3.97. The number of hydrogen-bond donors (Lipinski definition) is 2. The highest BCUT2D eigenvalue weighted by atomic mass is 16.5. The molecule has 5 nitrogen and oxygen atoms in total. The Labute approximate surface area is 103 Å². The smallest absolute Gasteiger partial charge is 0.188 e. The van der Waals surface area contributed by atoms with Crippen LogP contribution in [0.4, 0.5) is 0 Å². The molecule has 2 fully saturated rings. The summed E-state index contributed by atoms with van der Waals surface area (Å²) in [6, 6.07) is 0.381. The molecule has 3 N–H and O–H groups in total. The molecule has 2 rings (SSSR count). The van der Waals surface area contributed by atoms with E-state index in [-0.39, 0.29) is 5.41 Å². The van der Waals surface area contributed by atoms with Gasteiger partial charge in [0, 0.05) is 38.3 Å². The van der Waals surface area contributed by atoms with E-state index in [1.54, 1.807) is 7.05 Å². The first-order valence-electron chi connectivity index (χ1n) is 6.41. The number of rotatable bonds is 3. The molecule has 17 heavy (non-hydrogen) atoms. The van der Waals surface area contributed by atoms with Crippen molar-refractivity contribution in [3.63, 3.8) is 0 Å². The molecule has 2 aliphatic rings. The average Bonchev–Trinajstić information content (AvgIpc) is 2.38. The highest BCUT2D eigenvalue weighted by Crippen LogP contribution is 2.50. The van der Waals surface area contributed by atoms with Crippen molar-refractivity contribution in [2.24, 2.45) is 16.1 Å². The zero-order chi connectivity index (χ0) is 12.3. The monoisotopic (exact) mass is 241 g/mol. The first kappa shape index (κ1) is 12.6. The summed E-state index contributed by atoms with van der Waals surface area (Å²) in [6.45, 7) is 4.48. The van der Waals surface area contributed by atoms with E-state index in [4.69, 9.17) is 15.2 Å². The van der Waals surface area contributed by atoms with Gasteiger partial charge in [-0.25, -0.2) is 0 Å². The fraction of sp³-hybridized carbons (Fsp3) is 0.917. The second-order valence-corrected chi connectivity index (χ2v) is 4.83. The van der Waals surface area contributed by atoms with Gasteiger partial charge in [-0.2, -0.15) is 0 Å². The van der Waals surface area contributed by atoms with E-state index in [2.05, 4.69) is 17.2 Å². The van der Waals surface area contributed by atoms with Gasteiger partial charge in [-0.05, 0) is 26.2 Å². The van der Waals surface area contributed by atoms with Crippen LogP contribution in [0.25, 0.3) is 0 Å². The molecule has 0 aromatic carbocycles. The van der Waals surface area contributed by atoms with Crippen LogP contribution in [0.3, 0.4) is 0 Å². The number of guanidine groups is 1. The summed E-state index contributed by atoms with van der Waals surface area (Å²) in [6.07, 6.45) is 3.46. The second-order valence-electron chi connectivity index (χ2n) is 4.83. The van der Waals surface area contributed by atoms with Crippen LogP contribution < -0.4 is 11.1 Å². The van der Waals surface area contributed by atoms with Crippen LogP contribution in [0, 0.1) is 5.41 Å². The van der Waals surface area contributed by atoms with Crippen molar-refractivity contribution >= 4 is 5.96 Å². The minimum absolute atomic E-state index is 0.198. The molecule has 0 amide bonds. The van der Waals surface area contributed by atoms with E-state index in [0.717, 1.165) is 39.1 Å². The van der Waals surface area contributed by atoms with Crippen molar-refractivity contribution in [1.29, 1.82) is 0 Å². The molecule has 2 atom stereocenters. The van der Waals surface area contributed by atoms with Crippen molar-refractivity contribution < 1.29 is 9.47 Å². The maximum atomic E-state index is 5.84. The summed E-state index contributed by atoms with van der Waals surface area (Å²) in [5.41, 5.74) is 5.96.